The van der Waals surface area contributed by atoms with Crippen LogP contribution >= 0.6 is 0 Å². The van der Waals surface area contributed by atoms with Gasteiger partial charge in [-0.05, 0) is 44.9 Å². The van der Waals surface area contributed by atoms with Gasteiger partial charge >= 0.3 is 0 Å². The zero-order valence-electron chi connectivity index (χ0n) is 13.9. The number of ether oxygens (including phenoxy) is 2. The molecule has 3 aliphatic rings. The molecular weight excluding hydrogens is 248 g/mol. The lowest BCUT2D eigenvalue weighted by Crippen LogP contribution is -2.34. The zero-order chi connectivity index (χ0) is 15.0. The molecule has 0 aromatic heterocycles. The van der Waals surface area contributed by atoms with Crippen molar-refractivity contribution in [1.29, 1.82) is 0 Å². The highest BCUT2D eigenvalue weighted by Crippen LogP contribution is 2.36. The van der Waals surface area contributed by atoms with Crippen molar-refractivity contribution in [1.82, 2.24) is 0 Å². The Morgan fingerprint density at radius 2 is 1.60 bits per heavy atom. The molecule has 118 valence electrons. The molecule has 0 amide bonds. The lowest BCUT2D eigenvalue weighted by molar-refractivity contribution is -0.0937. The molecule has 4 atom stereocenters. The van der Waals surface area contributed by atoms with E-state index in [0.29, 0.717) is 18.3 Å². The van der Waals surface area contributed by atoms with Crippen LogP contribution in [0.5, 0.6) is 0 Å². The maximum Gasteiger partial charge on any atom is 0.0842 e. The van der Waals surface area contributed by atoms with Crippen LogP contribution in [0.3, 0.4) is 0 Å². The van der Waals surface area contributed by atoms with Crippen LogP contribution < -0.4 is 0 Å². The van der Waals surface area contributed by atoms with E-state index in [1.165, 1.54) is 32.1 Å². The summed E-state index contributed by atoms with van der Waals surface area (Å²) in [5.74, 6) is 1.77. The summed E-state index contributed by atoms with van der Waals surface area (Å²) in [5.41, 5.74) is 0. The van der Waals surface area contributed by atoms with Crippen molar-refractivity contribution in [3.8, 4) is 0 Å². The molecule has 2 saturated heterocycles. The molecule has 0 aromatic rings. The first-order valence-corrected chi connectivity index (χ1v) is 8.46. The lowest BCUT2D eigenvalue weighted by Gasteiger charge is -2.30. The van der Waals surface area contributed by atoms with E-state index >= 15 is 0 Å². The van der Waals surface area contributed by atoms with Gasteiger partial charge in [0.2, 0.25) is 0 Å². The van der Waals surface area contributed by atoms with E-state index in [4.69, 9.17) is 9.47 Å². The molecule has 0 aromatic carbocycles. The molecular formula is C18H34O2. The van der Waals surface area contributed by atoms with E-state index in [1.54, 1.807) is 0 Å². The largest absolute Gasteiger partial charge is 0.378 e. The highest BCUT2D eigenvalue weighted by molar-refractivity contribution is 4.87. The average molecular weight is 282 g/mol. The van der Waals surface area contributed by atoms with Crippen LogP contribution in [-0.2, 0) is 9.47 Å². The third-order valence-electron chi connectivity index (χ3n) is 4.49. The quantitative estimate of drug-likeness (QED) is 0.526. The first-order chi connectivity index (χ1) is 9.58. The number of rotatable bonds is 2. The number of fused-ring (bicyclic) bond motifs is 1. The topological polar surface area (TPSA) is 21.8 Å². The maximum absolute atomic E-state index is 5.41. The van der Waals surface area contributed by atoms with E-state index in [1.807, 2.05) is 6.08 Å². The zero-order valence-corrected chi connectivity index (χ0v) is 13.9. The number of epoxide rings is 1. The van der Waals surface area contributed by atoms with Crippen molar-refractivity contribution in [2.24, 2.45) is 11.8 Å². The van der Waals surface area contributed by atoms with Gasteiger partial charge in [0.15, 0.2) is 0 Å². The predicted octanol–water partition coefficient (Wildman–Crippen LogP) is 4.98. The second-order valence-corrected chi connectivity index (χ2v) is 6.57. The van der Waals surface area contributed by atoms with E-state index in [0.717, 1.165) is 24.9 Å². The average Bonchev–Trinajstić information content (AvgIpc) is 3.22. The molecule has 2 heterocycles. The molecule has 0 bridgehead atoms. The van der Waals surface area contributed by atoms with Crippen LogP contribution in [0, 0.1) is 11.8 Å². The van der Waals surface area contributed by atoms with Crippen LogP contribution in [0.15, 0.2) is 12.7 Å². The van der Waals surface area contributed by atoms with Gasteiger partial charge < -0.3 is 9.47 Å². The molecule has 2 heteroatoms. The highest BCUT2D eigenvalue weighted by Gasteiger charge is 2.39. The van der Waals surface area contributed by atoms with Crippen molar-refractivity contribution >= 4 is 0 Å². The third kappa shape index (κ3) is 6.90. The van der Waals surface area contributed by atoms with Crippen LogP contribution in [-0.4, -0.2) is 24.9 Å². The SMILES string of the molecule is C=CCCC.CC1CCC2OC2CC1.CC1COC1C. The number of hydrogen-bond acceptors (Lipinski definition) is 2. The van der Waals surface area contributed by atoms with E-state index in [-0.39, 0.29) is 0 Å². The third-order valence-corrected chi connectivity index (χ3v) is 4.49. The molecule has 3 rings (SSSR count). The second kappa shape index (κ2) is 9.57. The Labute approximate surface area is 125 Å². The number of allylic oxidation sites excluding steroid dienone is 1. The molecule has 2 aliphatic heterocycles. The van der Waals surface area contributed by atoms with Crippen molar-refractivity contribution < 1.29 is 9.47 Å². The van der Waals surface area contributed by atoms with E-state index in [2.05, 4.69) is 34.3 Å². The summed E-state index contributed by atoms with van der Waals surface area (Å²) >= 11 is 0. The monoisotopic (exact) mass is 282 g/mol. The first-order valence-electron chi connectivity index (χ1n) is 8.46. The molecule has 1 aliphatic carbocycles. The van der Waals surface area contributed by atoms with Gasteiger partial charge in [-0.15, -0.1) is 6.58 Å². The lowest BCUT2D eigenvalue weighted by atomic mass is 10.0. The van der Waals surface area contributed by atoms with Gasteiger partial charge in [-0.2, -0.15) is 0 Å². The summed E-state index contributed by atoms with van der Waals surface area (Å²) in [5, 5.41) is 0. The molecule has 3 fully saturated rings. The predicted molar refractivity (Wildman–Crippen MR) is 86.0 cm³/mol. The van der Waals surface area contributed by atoms with Gasteiger partial charge in [0, 0.05) is 5.92 Å². The van der Waals surface area contributed by atoms with Crippen molar-refractivity contribution in [3.05, 3.63) is 12.7 Å². The Morgan fingerprint density at radius 3 is 1.85 bits per heavy atom. The Hall–Kier alpha value is -0.340. The smallest absolute Gasteiger partial charge is 0.0842 e. The summed E-state index contributed by atoms with van der Waals surface area (Å²) in [6.45, 7) is 13.3. The molecule has 1 saturated carbocycles. The highest BCUT2D eigenvalue weighted by atomic mass is 16.6. The van der Waals surface area contributed by atoms with Gasteiger partial charge in [0.1, 0.15) is 0 Å². The summed E-state index contributed by atoms with van der Waals surface area (Å²) in [7, 11) is 0. The molecule has 2 nitrogen and oxygen atoms in total. The summed E-state index contributed by atoms with van der Waals surface area (Å²) < 4.78 is 10.4. The number of hydrogen-bond donors (Lipinski definition) is 0. The maximum atomic E-state index is 5.41. The molecule has 20 heavy (non-hydrogen) atoms. The van der Waals surface area contributed by atoms with Crippen molar-refractivity contribution in [2.75, 3.05) is 6.61 Å². The van der Waals surface area contributed by atoms with Gasteiger partial charge in [-0.25, -0.2) is 0 Å². The Bertz CT molecular complexity index is 240. The normalized spacial score (nSPS) is 37.7. The summed E-state index contributed by atoms with van der Waals surface area (Å²) in [6.07, 6.45) is 11.6. The van der Waals surface area contributed by atoms with E-state index < -0.39 is 0 Å². The van der Waals surface area contributed by atoms with Crippen LogP contribution in [0.2, 0.25) is 0 Å². The minimum atomic E-state index is 0.532. The second-order valence-electron chi connectivity index (χ2n) is 6.57. The molecule has 4 unspecified atom stereocenters. The Kier molecular flexibility index (Phi) is 8.47. The molecule has 0 spiro atoms. The molecule has 0 N–H and O–H groups in total. The fourth-order valence-corrected chi connectivity index (χ4v) is 2.41. The van der Waals surface area contributed by atoms with Crippen molar-refractivity contribution in [2.45, 2.75) is 84.5 Å². The van der Waals surface area contributed by atoms with Gasteiger partial charge in [0.05, 0.1) is 24.9 Å². The summed E-state index contributed by atoms with van der Waals surface area (Å²) in [4.78, 5) is 0. The van der Waals surface area contributed by atoms with Crippen LogP contribution in [0.25, 0.3) is 0 Å². The van der Waals surface area contributed by atoms with Gasteiger partial charge in [-0.1, -0.05) is 33.3 Å². The first kappa shape index (κ1) is 17.7. The minimum absolute atomic E-state index is 0.532. The molecule has 0 radical (unpaired) electrons. The van der Waals surface area contributed by atoms with Crippen LogP contribution in [0.1, 0.15) is 66.2 Å². The Morgan fingerprint density at radius 1 is 1.05 bits per heavy atom. The minimum Gasteiger partial charge on any atom is -0.378 e. The number of unbranched alkanes of at least 4 members (excludes halogenated alkanes) is 1. The van der Waals surface area contributed by atoms with E-state index in [9.17, 15) is 0 Å². The fourth-order valence-electron chi connectivity index (χ4n) is 2.41. The van der Waals surface area contributed by atoms with Gasteiger partial charge in [-0.3, -0.25) is 0 Å². The fraction of sp³-hybridized carbons (Fsp3) is 0.889. The standard InChI is InChI=1S/C8H14O.C5H10O.C5H10/c1-6-2-4-7-8(9-7)5-3-6;1-4-3-6-5(4)2;1-3-5-4-2/h6-8H,2-5H2,1H3;4-5H,3H2,1-2H3;3H,1,4-5H2,2H3. The van der Waals surface area contributed by atoms with Crippen LogP contribution in [0.4, 0.5) is 0 Å². The Balaban J connectivity index is 0.000000160. The summed E-state index contributed by atoms with van der Waals surface area (Å²) in [6, 6.07) is 0. The van der Waals surface area contributed by atoms with Gasteiger partial charge in [0.25, 0.3) is 0 Å². The van der Waals surface area contributed by atoms with Crippen molar-refractivity contribution in [3.63, 3.8) is 0 Å².